The molecule has 144 valence electrons. The molecule has 1 N–H and O–H groups in total. The number of nitrogens with zero attached hydrogens (tertiary/aromatic N) is 3. The highest BCUT2D eigenvalue weighted by atomic mass is 32.2. The summed E-state index contributed by atoms with van der Waals surface area (Å²) in [6.07, 6.45) is 0. The minimum absolute atomic E-state index is 0.462. The quantitative estimate of drug-likeness (QED) is 0.468. The largest absolute Gasteiger partial charge is 0.497 e. The summed E-state index contributed by atoms with van der Waals surface area (Å²) >= 11 is 1.48. The van der Waals surface area contributed by atoms with Crippen molar-refractivity contribution in [2.45, 2.75) is 10.9 Å². The van der Waals surface area contributed by atoms with Crippen molar-refractivity contribution in [3.8, 4) is 28.6 Å². The first-order chi connectivity index (χ1) is 13.7. The van der Waals surface area contributed by atoms with Gasteiger partial charge in [0.15, 0.2) is 5.16 Å². The highest BCUT2D eigenvalue weighted by Crippen LogP contribution is 2.32. The molecule has 2 heterocycles. The van der Waals surface area contributed by atoms with E-state index in [0.29, 0.717) is 29.0 Å². The Labute approximate surface area is 165 Å². The van der Waals surface area contributed by atoms with Crippen molar-refractivity contribution in [3.05, 3.63) is 42.3 Å². The first kappa shape index (κ1) is 18.2. The van der Waals surface area contributed by atoms with Crippen LogP contribution in [-0.4, -0.2) is 41.4 Å². The van der Waals surface area contributed by atoms with Crippen molar-refractivity contribution < 1.29 is 18.7 Å². The third kappa shape index (κ3) is 3.61. The van der Waals surface area contributed by atoms with Crippen molar-refractivity contribution in [2.75, 3.05) is 21.3 Å². The Bertz CT molecular complexity index is 1110. The number of methoxy groups -OCH3 is 3. The summed E-state index contributed by atoms with van der Waals surface area (Å²) in [6, 6.07) is 11.1. The first-order valence-electron chi connectivity index (χ1n) is 8.41. The number of fused-ring (bicyclic) bond motifs is 1. The van der Waals surface area contributed by atoms with E-state index in [1.807, 2.05) is 30.3 Å². The van der Waals surface area contributed by atoms with Gasteiger partial charge in [-0.05, 0) is 24.3 Å². The Morgan fingerprint density at radius 2 is 1.75 bits per heavy atom. The second-order valence-electron chi connectivity index (χ2n) is 5.79. The van der Waals surface area contributed by atoms with Gasteiger partial charge >= 0.3 is 0 Å². The lowest BCUT2D eigenvalue weighted by molar-refractivity contribution is 0.388. The number of hydrogen-bond acceptors (Lipinski definition) is 8. The molecule has 0 radical (unpaired) electrons. The van der Waals surface area contributed by atoms with Gasteiger partial charge in [0.05, 0.1) is 43.7 Å². The van der Waals surface area contributed by atoms with E-state index in [1.165, 1.54) is 11.8 Å². The number of nitrogens with one attached hydrogen (secondary N) is 1. The summed E-state index contributed by atoms with van der Waals surface area (Å²) in [7, 11) is 4.83. The number of aromatic nitrogens is 4. The van der Waals surface area contributed by atoms with Crippen LogP contribution in [0.5, 0.6) is 17.2 Å². The molecule has 2 aromatic carbocycles. The van der Waals surface area contributed by atoms with Gasteiger partial charge in [0.1, 0.15) is 17.2 Å². The minimum Gasteiger partial charge on any atom is -0.497 e. The van der Waals surface area contributed by atoms with Crippen LogP contribution >= 0.6 is 11.8 Å². The zero-order chi connectivity index (χ0) is 19.5. The Hall–Kier alpha value is -3.20. The molecular formula is C19H18N4O4S. The summed E-state index contributed by atoms with van der Waals surface area (Å²) < 4.78 is 21.2. The van der Waals surface area contributed by atoms with Crippen molar-refractivity contribution >= 4 is 22.8 Å². The van der Waals surface area contributed by atoms with E-state index >= 15 is 0 Å². The van der Waals surface area contributed by atoms with Gasteiger partial charge in [-0.1, -0.05) is 16.9 Å². The molecule has 4 rings (SSSR count). The van der Waals surface area contributed by atoms with Gasteiger partial charge in [-0.15, -0.1) is 0 Å². The molecule has 8 nitrogen and oxygen atoms in total. The van der Waals surface area contributed by atoms with E-state index in [4.69, 9.17) is 18.7 Å². The highest BCUT2D eigenvalue weighted by Gasteiger charge is 2.15. The van der Waals surface area contributed by atoms with Crippen LogP contribution in [0.3, 0.4) is 0 Å². The number of hydrogen-bond donors (Lipinski definition) is 1. The Morgan fingerprint density at radius 1 is 0.964 bits per heavy atom. The zero-order valence-corrected chi connectivity index (χ0v) is 16.4. The highest BCUT2D eigenvalue weighted by molar-refractivity contribution is 7.98. The summed E-state index contributed by atoms with van der Waals surface area (Å²) in [5.74, 6) is 3.54. The molecule has 9 heteroatoms. The second-order valence-corrected chi connectivity index (χ2v) is 6.76. The molecule has 0 fully saturated rings. The van der Waals surface area contributed by atoms with E-state index in [0.717, 1.165) is 27.5 Å². The number of aromatic amines is 1. The Morgan fingerprint density at radius 3 is 2.54 bits per heavy atom. The maximum atomic E-state index is 5.40. The molecule has 0 atom stereocenters. The van der Waals surface area contributed by atoms with Gasteiger partial charge in [0, 0.05) is 12.1 Å². The predicted octanol–water partition coefficient (Wildman–Crippen LogP) is 3.93. The molecule has 28 heavy (non-hydrogen) atoms. The van der Waals surface area contributed by atoms with Crippen molar-refractivity contribution in [3.63, 3.8) is 0 Å². The van der Waals surface area contributed by atoms with Crippen LogP contribution in [0.4, 0.5) is 0 Å². The number of ether oxygens (including phenoxy) is 3. The molecule has 0 aliphatic rings. The molecule has 0 saturated carbocycles. The molecule has 4 aromatic rings. The predicted molar refractivity (Wildman–Crippen MR) is 105 cm³/mol. The number of H-pyrrole nitrogens is 1. The third-order valence-electron chi connectivity index (χ3n) is 4.12. The lowest BCUT2D eigenvalue weighted by atomic mass is 10.2. The van der Waals surface area contributed by atoms with E-state index in [2.05, 4.69) is 20.1 Å². The zero-order valence-electron chi connectivity index (χ0n) is 15.6. The molecular weight excluding hydrogens is 380 g/mol. The van der Waals surface area contributed by atoms with Crippen LogP contribution in [-0.2, 0) is 5.75 Å². The number of rotatable bonds is 7. The fraction of sp³-hybridized carbons (Fsp3) is 0.211. The molecule has 0 unspecified atom stereocenters. The maximum absolute atomic E-state index is 5.40. The van der Waals surface area contributed by atoms with Gasteiger partial charge < -0.3 is 23.7 Å². The molecule has 0 bridgehead atoms. The van der Waals surface area contributed by atoms with Gasteiger partial charge in [-0.3, -0.25) is 0 Å². The summed E-state index contributed by atoms with van der Waals surface area (Å²) in [4.78, 5) is 12.3. The number of benzene rings is 2. The van der Waals surface area contributed by atoms with Crippen molar-refractivity contribution in [1.29, 1.82) is 0 Å². The Kier molecular flexibility index (Phi) is 5.07. The average Bonchev–Trinajstić information content (AvgIpc) is 3.37. The van der Waals surface area contributed by atoms with Crippen LogP contribution in [0.25, 0.3) is 22.4 Å². The summed E-state index contributed by atoms with van der Waals surface area (Å²) in [5, 5.41) is 4.83. The van der Waals surface area contributed by atoms with Gasteiger partial charge in [0.25, 0.3) is 0 Å². The molecule has 0 aliphatic carbocycles. The van der Waals surface area contributed by atoms with Gasteiger partial charge in [0.2, 0.25) is 11.7 Å². The second kappa shape index (κ2) is 7.81. The first-order valence-corrected chi connectivity index (χ1v) is 9.40. The molecule has 0 aliphatic heterocycles. The summed E-state index contributed by atoms with van der Waals surface area (Å²) in [5.41, 5.74) is 2.52. The van der Waals surface area contributed by atoms with Crippen LogP contribution in [0.15, 0.2) is 46.1 Å². The molecule has 2 aromatic heterocycles. The van der Waals surface area contributed by atoms with Crippen molar-refractivity contribution in [1.82, 2.24) is 20.1 Å². The molecule has 0 saturated heterocycles. The number of thioether (sulfide) groups is 1. The average molecular weight is 398 g/mol. The van der Waals surface area contributed by atoms with Crippen molar-refractivity contribution in [2.24, 2.45) is 0 Å². The van der Waals surface area contributed by atoms with Crippen LogP contribution in [0.2, 0.25) is 0 Å². The van der Waals surface area contributed by atoms with E-state index in [1.54, 1.807) is 27.4 Å². The van der Waals surface area contributed by atoms with Gasteiger partial charge in [-0.2, -0.15) is 4.98 Å². The van der Waals surface area contributed by atoms with Crippen LogP contribution in [0.1, 0.15) is 5.89 Å². The van der Waals surface area contributed by atoms with E-state index < -0.39 is 0 Å². The standard InChI is InChI=1S/C19H18N4O4S/c1-24-11-5-7-14-15(8-11)21-19(20-14)28-10-17-22-18(23-27-17)13-6-4-12(25-2)9-16(13)26-3/h4-9H,10H2,1-3H3,(H,20,21). The fourth-order valence-corrected chi connectivity index (χ4v) is 3.42. The topological polar surface area (TPSA) is 95.3 Å². The normalized spacial score (nSPS) is 11.0. The Balaban J connectivity index is 1.49. The lowest BCUT2D eigenvalue weighted by Crippen LogP contribution is -1.91. The lowest BCUT2D eigenvalue weighted by Gasteiger charge is -2.07. The smallest absolute Gasteiger partial charge is 0.237 e. The van der Waals surface area contributed by atoms with E-state index in [9.17, 15) is 0 Å². The molecule has 0 amide bonds. The maximum Gasteiger partial charge on any atom is 0.237 e. The minimum atomic E-state index is 0.462. The van der Waals surface area contributed by atoms with E-state index in [-0.39, 0.29) is 0 Å². The third-order valence-corrected chi connectivity index (χ3v) is 4.98. The number of imidazole rings is 1. The fourth-order valence-electron chi connectivity index (χ4n) is 2.70. The summed E-state index contributed by atoms with van der Waals surface area (Å²) in [6.45, 7) is 0. The van der Waals surface area contributed by atoms with Crippen LogP contribution < -0.4 is 14.2 Å². The molecule has 0 spiro atoms. The monoisotopic (exact) mass is 398 g/mol. The van der Waals surface area contributed by atoms with Gasteiger partial charge in [-0.25, -0.2) is 4.98 Å². The van der Waals surface area contributed by atoms with Crippen LogP contribution in [0, 0.1) is 0 Å². The SMILES string of the molecule is COc1ccc(-c2noc(CSc3nc4ccc(OC)cc4[nH]3)n2)c(OC)c1.